The van der Waals surface area contributed by atoms with Gasteiger partial charge < -0.3 is 11.2 Å². The van der Waals surface area contributed by atoms with Crippen LogP contribution in [0.5, 0.6) is 0 Å². The normalized spacial score (nSPS) is 10.7. The molecule has 0 aliphatic heterocycles. The molecule has 78 valence electrons. The van der Waals surface area contributed by atoms with Gasteiger partial charge in [0.2, 0.25) is 0 Å². The maximum absolute atomic E-state index is 11.4. The Morgan fingerprint density at radius 3 is 2.67 bits per heavy atom. The lowest BCUT2D eigenvalue weighted by Crippen LogP contribution is -2.22. The first-order valence-electron chi connectivity index (χ1n) is 4.19. The second-order valence-electron chi connectivity index (χ2n) is 2.50. The standard InChI is InChI=1S/C9H11N5O/c10-12-7-14-13-6-11-9(15)8-4-2-1-3-5-8/h1-7H,10H2,(H,12,14)(H,11,13,15). The van der Waals surface area contributed by atoms with Crippen LogP contribution in [0.2, 0.25) is 0 Å². The summed E-state index contributed by atoms with van der Waals surface area (Å²) < 4.78 is 0. The van der Waals surface area contributed by atoms with E-state index in [0.717, 1.165) is 0 Å². The van der Waals surface area contributed by atoms with Gasteiger partial charge in [0.15, 0.2) is 0 Å². The molecule has 1 rings (SSSR count). The van der Waals surface area contributed by atoms with Gasteiger partial charge in [-0.1, -0.05) is 18.2 Å². The van der Waals surface area contributed by atoms with Gasteiger partial charge in [-0.2, -0.15) is 10.2 Å². The van der Waals surface area contributed by atoms with Gasteiger partial charge in [-0.15, -0.1) is 0 Å². The molecule has 0 saturated carbocycles. The molecule has 6 heteroatoms. The average Bonchev–Trinajstić information content (AvgIpc) is 2.30. The second-order valence-corrected chi connectivity index (χ2v) is 2.50. The van der Waals surface area contributed by atoms with E-state index in [1.165, 1.54) is 12.7 Å². The number of hydrogen-bond donors (Lipinski definition) is 3. The molecule has 4 N–H and O–H groups in total. The van der Waals surface area contributed by atoms with Crippen molar-refractivity contribution in [1.29, 1.82) is 0 Å². The molecule has 0 aromatic heterocycles. The molecule has 0 saturated heterocycles. The summed E-state index contributed by atoms with van der Waals surface area (Å²) in [5.74, 6) is 4.58. The van der Waals surface area contributed by atoms with Crippen molar-refractivity contribution >= 4 is 18.6 Å². The smallest absolute Gasteiger partial charge is 0.256 e. The number of nitrogens with one attached hydrogen (secondary N) is 2. The minimum absolute atomic E-state index is 0.231. The second kappa shape index (κ2) is 6.14. The van der Waals surface area contributed by atoms with Crippen LogP contribution < -0.4 is 16.6 Å². The first kappa shape index (κ1) is 10.7. The highest BCUT2D eigenvalue weighted by Gasteiger charge is 2.00. The number of carbonyl (C=O) groups excluding carboxylic acids is 1. The minimum Gasteiger partial charge on any atom is -0.322 e. The molecule has 1 aromatic rings. The molecule has 0 fully saturated rings. The predicted octanol–water partition coefficient (Wildman–Crippen LogP) is -0.149. The van der Waals surface area contributed by atoms with Crippen LogP contribution in [0.3, 0.4) is 0 Å². The zero-order chi connectivity index (χ0) is 10.9. The van der Waals surface area contributed by atoms with E-state index in [1.54, 1.807) is 24.3 Å². The fraction of sp³-hybridized carbons (Fsp3) is 0. The van der Waals surface area contributed by atoms with Crippen molar-refractivity contribution in [1.82, 2.24) is 10.7 Å². The summed E-state index contributed by atoms with van der Waals surface area (Å²) in [7, 11) is 0. The van der Waals surface area contributed by atoms with Crippen molar-refractivity contribution in [3.63, 3.8) is 0 Å². The first-order valence-corrected chi connectivity index (χ1v) is 4.19. The van der Waals surface area contributed by atoms with Crippen LogP contribution in [0.15, 0.2) is 40.5 Å². The van der Waals surface area contributed by atoms with Crippen molar-refractivity contribution in [3.05, 3.63) is 35.9 Å². The van der Waals surface area contributed by atoms with Crippen molar-refractivity contribution in [3.8, 4) is 0 Å². The van der Waals surface area contributed by atoms with Crippen molar-refractivity contribution in [2.75, 3.05) is 0 Å². The summed E-state index contributed by atoms with van der Waals surface area (Å²) >= 11 is 0. The maximum Gasteiger partial charge on any atom is 0.256 e. The van der Waals surface area contributed by atoms with Gasteiger partial charge in [0.25, 0.3) is 5.91 Å². The first-order chi connectivity index (χ1) is 7.34. The Labute approximate surface area is 86.9 Å². The number of hydrogen-bond acceptors (Lipinski definition) is 4. The van der Waals surface area contributed by atoms with E-state index >= 15 is 0 Å². The van der Waals surface area contributed by atoms with Gasteiger partial charge in [0.1, 0.15) is 12.7 Å². The van der Waals surface area contributed by atoms with Crippen molar-refractivity contribution in [2.45, 2.75) is 0 Å². The lowest BCUT2D eigenvalue weighted by Gasteiger charge is -1.97. The number of amides is 1. The lowest BCUT2D eigenvalue weighted by molar-refractivity contribution is 0.0978. The summed E-state index contributed by atoms with van der Waals surface area (Å²) in [5, 5.41) is 9.20. The molecule has 0 unspecified atom stereocenters. The SMILES string of the molecule is NN=CNN=CNC(=O)c1ccccc1. The van der Waals surface area contributed by atoms with Gasteiger partial charge in [0.05, 0.1) is 0 Å². The van der Waals surface area contributed by atoms with E-state index in [2.05, 4.69) is 20.9 Å². The van der Waals surface area contributed by atoms with Crippen molar-refractivity contribution < 1.29 is 4.79 Å². The molecule has 0 aliphatic rings. The van der Waals surface area contributed by atoms with Gasteiger partial charge in [-0.05, 0) is 12.1 Å². The summed E-state index contributed by atoms with van der Waals surface area (Å²) in [4.78, 5) is 11.4. The monoisotopic (exact) mass is 205 g/mol. The fourth-order valence-corrected chi connectivity index (χ4v) is 0.868. The highest BCUT2D eigenvalue weighted by atomic mass is 16.1. The Bertz CT molecular complexity index is 360. The van der Waals surface area contributed by atoms with Crippen LogP contribution in [0.1, 0.15) is 10.4 Å². The van der Waals surface area contributed by atoms with Crippen LogP contribution in [0, 0.1) is 0 Å². The van der Waals surface area contributed by atoms with Gasteiger partial charge in [0, 0.05) is 5.56 Å². The third-order valence-electron chi connectivity index (χ3n) is 1.50. The fourth-order valence-electron chi connectivity index (χ4n) is 0.868. The Kier molecular flexibility index (Phi) is 4.38. The number of carbonyl (C=O) groups is 1. The molecule has 0 radical (unpaired) electrons. The van der Waals surface area contributed by atoms with Crippen LogP contribution in [-0.2, 0) is 0 Å². The molecule has 0 spiro atoms. The number of benzene rings is 1. The molecule has 0 atom stereocenters. The maximum atomic E-state index is 11.4. The number of rotatable bonds is 4. The number of nitrogens with two attached hydrogens (primary N) is 1. The molecule has 15 heavy (non-hydrogen) atoms. The largest absolute Gasteiger partial charge is 0.322 e. The summed E-state index contributed by atoms with van der Waals surface area (Å²) in [6.45, 7) is 0. The van der Waals surface area contributed by atoms with Gasteiger partial charge in [-0.3, -0.25) is 10.2 Å². The highest BCUT2D eigenvalue weighted by molar-refractivity contribution is 6.00. The third kappa shape index (κ3) is 3.90. The molecular formula is C9H11N5O. The van der Waals surface area contributed by atoms with Crippen LogP contribution >= 0.6 is 0 Å². The average molecular weight is 205 g/mol. The van der Waals surface area contributed by atoms with E-state index in [0.29, 0.717) is 5.56 Å². The van der Waals surface area contributed by atoms with Gasteiger partial charge >= 0.3 is 0 Å². The molecular weight excluding hydrogens is 194 g/mol. The van der Waals surface area contributed by atoms with E-state index in [9.17, 15) is 4.79 Å². The quantitative estimate of drug-likeness (QED) is 0.276. The van der Waals surface area contributed by atoms with E-state index in [-0.39, 0.29) is 5.91 Å². The predicted molar refractivity (Wildman–Crippen MR) is 58.2 cm³/mol. The molecule has 1 amide bonds. The number of hydrazone groups is 2. The molecule has 0 heterocycles. The molecule has 0 bridgehead atoms. The Hall–Kier alpha value is -2.37. The Morgan fingerprint density at radius 1 is 1.27 bits per heavy atom. The van der Waals surface area contributed by atoms with Crippen LogP contribution in [0.25, 0.3) is 0 Å². The van der Waals surface area contributed by atoms with Crippen LogP contribution in [0.4, 0.5) is 0 Å². The molecule has 0 aliphatic carbocycles. The highest BCUT2D eigenvalue weighted by Crippen LogP contribution is 1.96. The van der Waals surface area contributed by atoms with Gasteiger partial charge in [-0.25, -0.2) is 0 Å². The summed E-state index contributed by atoms with van der Waals surface area (Å²) in [5.41, 5.74) is 2.95. The van der Waals surface area contributed by atoms with E-state index in [1.807, 2.05) is 6.07 Å². The van der Waals surface area contributed by atoms with Crippen molar-refractivity contribution in [2.24, 2.45) is 16.0 Å². The zero-order valence-electron chi connectivity index (χ0n) is 7.92. The zero-order valence-corrected chi connectivity index (χ0v) is 7.92. The minimum atomic E-state index is -0.231. The molecule has 6 nitrogen and oxygen atoms in total. The summed E-state index contributed by atoms with van der Waals surface area (Å²) in [6.07, 6.45) is 2.40. The topological polar surface area (TPSA) is 91.9 Å². The lowest BCUT2D eigenvalue weighted by atomic mass is 10.2. The Balaban J connectivity index is 2.40. The third-order valence-corrected chi connectivity index (χ3v) is 1.50. The van der Waals surface area contributed by atoms with E-state index < -0.39 is 0 Å². The number of nitrogens with zero attached hydrogens (tertiary/aromatic N) is 2. The Morgan fingerprint density at radius 2 is 2.00 bits per heavy atom. The van der Waals surface area contributed by atoms with Crippen LogP contribution in [-0.4, -0.2) is 18.6 Å². The summed E-state index contributed by atoms with van der Waals surface area (Å²) in [6, 6.07) is 8.82. The van der Waals surface area contributed by atoms with E-state index in [4.69, 9.17) is 5.84 Å². The molecule has 1 aromatic carbocycles.